The first-order chi connectivity index (χ1) is 18.0. The molecule has 0 bridgehead atoms. The van der Waals surface area contributed by atoms with Crippen molar-refractivity contribution in [2.75, 3.05) is 19.1 Å². The summed E-state index contributed by atoms with van der Waals surface area (Å²) in [6.07, 6.45) is 4.78. The van der Waals surface area contributed by atoms with Crippen LogP contribution in [0.5, 0.6) is 0 Å². The smallest absolute Gasteiger partial charge is 0.355 e. The number of aromatic nitrogens is 1. The van der Waals surface area contributed by atoms with E-state index in [9.17, 15) is 14.9 Å². The fraction of sp³-hybridized carbons (Fsp3) is 0.172. The lowest BCUT2D eigenvalue weighted by atomic mass is 9.80. The Balaban J connectivity index is 1.94. The Labute approximate surface area is 215 Å². The van der Waals surface area contributed by atoms with Gasteiger partial charge in [0.05, 0.1) is 43.0 Å². The van der Waals surface area contributed by atoms with Gasteiger partial charge in [-0.3, -0.25) is 9.88 Å². The number of hydrogen-bond acceptors (Lipinski definition) is 8. The van der Waals surface area contributed by atoms with Crippen LogP contribution in [0.1, 0.15) is 22.6 Å². The molecule has 2 aromatic carbocycles. The lowest BCUT2D eigenvalue weighted by Crippen LogP contribution is -2.41. The molecule has 3 aromatic rings. The molecule has 186 valence electrons. The maximum absolute atomic E-state index is 13.3. The summed E-state index contributed by atoms with van der Waals surface area (Å²) in [5.74, 6) is -2.40. The van der Waals surface area contributed by atoms with Gasteiger partial charge in [-0.15, -0.1) is 0 Å². The zero-order valence-corrected chi connectivity index (χ0v) is 20.5. The second-order valence-corrected chi connectivity index (χ2v) is 8.32. The van der Waals surface area contributed by atoms with Gasteiger partial charge in [-0.25, -0.2) is 9.59 Å². The van der Waals surface area contributed by atoms with Crippen LogP contribution < -0.4 is 10.6 Å². The van der Waals surface area contributed by atoms with E-state index in [0.29, 0.717) is 24.1 Å². The van der Waals surface area contributed by atoms with Crippen LogP contribution in [0.25, 0.3) is 0 Å². The van der Waals surface area contributed by atoms with Crippen molar-refractivity contribution in [3.63, 3.8) is 0 Å². The van der Waals surface area contributed by atoms with Crippen LogP contribution in [0.4, 0.5) is 5.69 Å². The van der Waals surface area contributed by atoms with Crippen LogP contribution in [-0.4, -0.2) is 31.1 Å². The zero-order chi connectivity index (χ0) is 26.4. The van der Waals surface area contributed by atoms with Crippen LogP contribution in [0.2, 0.25) is 0 Å². The summed E-state index contributed by atoms with van der Waals surface area (Å²) in [5, 5.41) is 10.2. The topological polar surface area (TPSA) is 119 Å². The molecule has 0 radical (unpaired) electrons. The molecule has 37 heavy (non-hydrogen) atoms. The van der Waals surface area contributed by atoms with Crippen LogP contribution >= 0.6 is 0 Å². The molecule has 0 amide bonds. The van der Waals surface area contributed by atoms with Crippen LogP contribution in [0, 0.1) is 11.3 Å². The van der Waals surface area contributed by atoms with Crippen molar-refractivity contribution in [3.8, 4) is 6.07 Å². The molecule has 1 aromatic heterocycles. The maximum Gasteiger partial charge on any atom is 0.355 e. The number of nitrogens with zero attached hydrogens (tertiary/aromatic N) is 3. The number of anilines is 1. The predicted molar refractivity (Wildman–Crippen MR) is 138 cm³/mol. The van der Waals surface area contributed by atoms with E-state index in [-0.39, 0.29) is 22.7 Å². The highest BCUT2D eigenvalue weighted by Gasteiger charge is 2.43. The zero-order valence-electron chi connectivity index (χ0n) is 20.5. The molecule has 0 aliphatic carbocycles. The summed E-state index contributed by atoms with van der Waals surface area (Å²) in [6, 6.07) is 22.4. The monoisotopic (exact) mass is 494 g/mol. The van der Waals surface area contributed by atoms with Crippen LogP contribution in [0.15, 0.2) is 102 Å². The van der Waals surface area contributed by atoms with Gasteiger partial charge in [-0.05, 0) is 47.7 Å². The summed E-state index contributed by atoms with van der Waals surface area (Å²) < 4.78 is 10.2. The molecule has 2 heterocycles. The molecular formula is C29H26N4O4. The number of pyridine rings is 1. The molecule has 0 spiro atoms. The second-order valence-electron chi connectivity index (χ2n) is 8.32. The third-order valence-corrected chi connectivity index (χ3v) is 6.28. The molecule has 8 nitrogen and oxygen atoms in total. The SMILES string of the molecule is COC(=O)C1=C(C(=O)OC)N(c2ccccc2CCc2ccncc2)C(N)=C(C#N)C1c1ccccc1. The quantitative estimate of drug-likeness (QED) is 0.493. The molecule has 0 saturated heterocycles. The number of esters is 2. The highest BCUT2D eigenvalue weighted by Crippen LogP contribution is 2.43. The van der Waals surface area contributed by atoms with E-state index < -0.39 is 17.9 Å². The third-order valence-electron chi connectivity index (χ3n) is 6.28. The number of benzene rings is 2. The standard InChI is InChI=1S/C29H26N4O4/c1-36-28(34)25-24(21-9-4-3-5-10-21)22(18-30)27(31)33(26(25)29(35)37-2)23-11-7-6-8-20(23)13-12-19-14-16-32-17-15-19/h3-11,14-17,24H,12-13,31H2,1-2H3. The molecule has 8 heteroatoms. The first kappa shape index (κ1) is 25.2. The lowest BCUT2D eigenvalue weighted by Gasteiger charge is -2.36. The van der Waals surface area contributed by atoms with Crippen molar-refractivity contribution < 1.29 is 19.1 Å². The average Bonchev–Trinajstić information content (AvgIpc) is 2.95. The van der Waals surface area contributed by atoms with Gasteiger partial charge < -0.3 is 15.2 Å². The Kier molecular flexibility index (Phi) is 7.65. The highest BCUT2D eigenvalue weighted by molar-refractivity contribution is 6.06. The van der Waals surface area contributed by atoms with Gasteiger partial charge in [-0.2, -0.15) is 5.26 Å². The minimum absolute atomic E-state index is 0.0183. The van der Waals surface area contributed by atoms with Gasteiger partial charge >= 0.3 is 11.9 Å². The van der Waals surface area contributed by atoms with E-state index in [1.54, 1.807) is 48.8 Å². The number of ether oxygens (including phenoxy) is 2. The summed E-state index contributed by atoms with van der Waals surface area (Å²) in [7, 11) is 2.46. The summed E-state index contributed by atoms with van der Waals surface area (Å²) in [4.78, 5) is 32.0. The Morgan fingerprint density at radius 3 is 2.24 bits per heavy atom. The number of hydrogen-bond donors (Lipinski definition) is 1. The number of nitriles is 1. The van der Waals surface area contributed by atoms with Crippen molar-refractivity contribution in [1.29, 1.82) is 5.26 Å². The number of rotatable bonds is 7. The number of carbonyl (C=O) groups excluding carboxylic acids is 2. The first-order valence-corrected chi connectivity index (χ1v) is 11.6. The van der Waals surface area contributed by atoms with Crippen molar-refractivity contribution in [3.05, 3.63) is 118 Å². The number of allylic oxidation sites excluding steroid dienone is 1. The number of nitrogens with two attached hydrogens (primary N) is 1. The van der Waals surface area contributed by atoms with Gasteiger partial charge in [0.2, 0.25) is 0 Å². The fourth-order valence-corrected chi connectivity index (χ4v) is 4.53. The third kappa shape index (κ3) is 4.93. The van der Waals surface area contributed by atoms with Gasteiger partial charge in [0.15, 0.2) is 0 Å². The van der Waals surface area contributed by atoms with E-state index in [1.807, 2.05) is 30.3 Å². The molecule has 1 aliphatic heterocycles. The summed E-state index contributed by atoms with van der Waals surface area (Å²) in [5.41, 5.74) is 9.80. The molecule has 0 fully saturated rings. The van der Waals surface area contributed by atoms with Gasteiger partial charge in [0.1, 0.15) is 11.5 Å². The maximum atomic E-state index is 13.3. The lowest BCUT2D eigenvalue weighted by molar-refractivity contribution is -0.139. The molecule has 1 atom stereocenters. The second kappa shape index (κ2) is 11.2. The highest BCUT2D eigenvalue weighted by atomic mass is 16.5. The van der Waals surface area contributed by atoms with Crippen molar-refractivity contribution in [2.45, 2.75) is 18.8 Å². The van der Waals surface area contributed by atoms with E-state index in [1.165, 1.54) is 19.1 Å². The normalized spacial score (nSPS) is 15.3. The van der Waals surface area contributed by atoms with Gasteiger partial charge in [0.25, 0.3) is 0 Å². The predicted octanol–water partition coefficient (Wildman–Crippen LogP) is 3.76. The largest absolute Gasteiger partial charge is 0.466 e. The molecule has 2 N–H and O–H groups in total. The van der Waals surface area contributed by atoms with Gasteiger partial charge in [-0.1, -0.05) is 48.5 Å². The Morgan fingerprint density at radius 1 is 0.946 bits per heavy atom. The first-order valence-electron chi connectivity index (χ1n) is 11.6. The van der Waals surface area contributed by atoms with Crippen LogP contribution in [0.3, 0.4) is 0 Å². The Morgan fingerprint density at radius 2 is 1.59 bits per heavy atom. The van der Waals surface area contributed by atoms with Crippen LogP contribution in [-0.2, 0) is 31.9 Å². The van der Waals surface area contributed by atoms with Gasteiger partial charge in [0, 0.05) is 12.4 Å². The number of para-hydroxylation sites is 1. The van der Waals surface area contributed by atoms with E-state index >= 15 is 0 Å². The molecule has 0 saturated carbocycles. The number of methoxy groups -OCH3 is 2. The van der Waals surface area contributed by atoms with E-state index in [0.717, 1.165) is 11.1 Å². The molecule has 1 unspecified atom stereocenters. The summed E-state index contributed by atoms with van der Waals surface area (Å²) >= 11 is 0. The Bertz CT molecular complexity index is 1410. The van der Waals surface area contributed by atoms with E-state index in [2.05, 4.69) is 11.1 Å². The van der Waals surface area contributed by atoms with Crippen molar-refractivity contribution in [2.24, 2.45) is 5.73 Å². The van der Waals surface area contributed by atoms with Crippen molar-refractivity contribution in [1.82, 2.24) is 4.98 Å². The molecular weight excluding hydrogens is 468 g/mol. The van der Waals surface area contributed by atoms with Crippen molar-refractivity contribution >= 4 is 17.6 Å². The molecule has 1 aliphatic rings. The fourth-order valence-electron chi connectivity index (χ4n) is 4.53. The van der Waals surface area contributed by atoms with E-state index in [4.69, 9.17) is 15.2 Å². The minimum atomic E-state index is -0.909. The number of aryl methyl sites for hydroxylation is 2. The summed E-state index contributed by atoms with van der Waals surface area (Å²) in [6.45, 7) is 0. The number of carbonyl (C=O) groups is 2. The average molecular weight is 495 g/mol. The minimum Gasteiger partial charge on any atom is -0.466 e. The molecule has 4 rings (SSSR count). The Hall–Kier alpha value is -4.90.